The van der Waals surface area contributed by atoms with E-state index in [0.717, 1.165) is 49.1 Å². The number of carbonyl (C=O) groups excluding carboxylic acids is 1. The Hall–Kier alpha value is -3.22. The molecule has 0 N–H and O–H groups in total. The van der Waals surface area contributed by atoms with Gasteiger partial charge in [-0.15, -0.1) is 0 Å². The number of amides is 1. The molecule has 0 aliphatic carbocycles. The summed E-state index contributed by atoms with van der Waals surface area (Å²) >= 11 is 0. The zero-order valence-corrected chi connectivity index (χ0v) is 16.2. The zero-order chi connectivity index (χ0) is 19.5. The number of imidazole rings is 1. The number of anilines is 2. The Balaban J connectivity index is 1.42. The Labute approximate surface area is 164 Å². The summed E-state index contributed by atoms with van der Waals surface area (Å²) in [5.74, 6) is 2.81. The van der Waals surface area contributed by atoms with E-state index in [1.165, 1.54) is 0 Å². The first kappa shape index (κ1) is 18.2. The second-order valence-electron chi connectivity index (χ2n) is 7.07. The van der Waals surface area contributed by atoms with E-state index in [1.807, 2.05) is 61.1 Å². The molecular formula is C21H24N6O. The highest BCUT2D eigenvalue weighted by atomic mass is 16.2. The third-order valence-electron chi connectivity index (χ3n) is 5.35. The molecule has 2 aromatic heterocycles. The molecule has 1 aromatic carbocycles. The minimum atomic E-state index is 0.0404. The number of rotatable bonds is 4. The van der Waals surface area contributed by atoms with E-state index in [4.69, 9.17) is 0 Å². The van der Waals surface area contributed by atoms with Crippen LogP contribution in [0, 0.1) is 12.8 Å². The number of para-hydroxylation sites is 1. The fraction of sp³-hybridized carbons (Fsp3) is 0.333. The highest BCUT2D eigenvalue weighted by Gasteiger charge is 2.28. The summed E-state index contributed by atoms with van der Waals surface area (Å²) in [6, 6.07) is 11.8. The lowest BCUT2D eigenvalue weighted by Crippen LogP contribution is -2.41. The summed E-state index contributed by atoms with van der Waals surface area (Å²) in [4.78, 5) is 29.9. The van der Waals surface area contributed by atoms with Crippen molar-refractivity contribution >= 4 is 17.4 Å². The lowest BCUT2D eigenvalue weighted by Gasteiger charge is -2.34. The van der Waals surface area contributed by atoms with Crippen molar-refractivity contribution in [2.45, 2.75) is 19.8 Å². The number of aryl methyl sites for hydroxylation is 1. The average molecular weight is 376 g/mol. The van der Waals surface area contributed by atoms with Crippen molar-refractivity contribution in [2.75, 3.05) is 29.9 Å². The van der Waals surface area contributed by atoms with Gasteiger partial charge in [-0.1, -0.05) is 18.2 Å². The van der Waals surface area contributed by atoms with Crippen molar-refractivity contribution in [1.29, 1.82) is 0 Å². The van der Waals surface area contributed by atoms with Gasteiger partial charge in [0.2, 0.25) is 5.91 Å². The Bertz CT molecular complexity index is 946. The third kappa shape index (κ3) is 3.60. The molecule has 0 saturated carbocycles. The second kappa shape index (κ2) is 7.80. The average Bonchev–Trinajstić information content (AvgIpc) is 3.19. The van der Waals surface area contributed by atoms with Gasteiger partial charge in [-0.25, -0.2) is 15.0 Å². The molecule has 0 atom stereocenters. The van der Waals surface area contributed by atoms with E-state index >= 15 is 0 Å². The molecule has 0 spiro atoms. The number of piperidine rings is 1. The predicted octanol–water partition coefficient (Wildman–Crippen LogP) is 2.85. The molecule has 1 amide bonds. The van der Waals surface area contributed by atoms with E-state index in [9.17, 15) is 4.79 Å². The van der Waals surface area contributed by atoms with Gasteiger partial charge in [0.05, 0.1) is 0 Å². The van der Waals surface area contributed by atoms with Gasteiger partial charge in [0, 0.05) is 50.2 Å². The maximum Gasteiger partial charge on any atom is 0.229 e. The van der Waals surface area contributed by atoms with Gasteiger partial charge in [0.1, 0.15) is 23.8 Å². The molecule has 7 nitrogen and oxygen atoms in total. The van der Waals surface area contributed by atoms with Crippen LogP contribution in [0.25, 0.3) is 5.82 Å². The van der Waals surface area contributed by atoms with Gasteiger partial charge < -0.3 is 9.80 Å². The fourth-order valence-corrected chi connectivity index (χ4v) is 3.67. The predicted molar refractivity (Wildman–Crippen MR) is 109 cm³/mol. The Morgan fingerprint density at radius 1 is 1.07 bits per heavy atom. The maximum atomic E-state index is 12.9. The molecule has 1 aliphatic heterocycles. The van der Waals surface area contributed by atoms with Crippen LogP contribution in [0.3, 0.4) is 0 Å². The molecule has 3 heterocycles. The van der Waals surface area contributed by atoms with Crippen LogP contribution in [0.15, 0.2) is 55.1 Å². The molecule has 1 aliphatic rings. The van der Waals surface area contributed by atoms with Gasteiger partial charge in [-0.3, -0.25) is 9.36 Å². The lowest BCUT2D eigenvalue weighted by atomic mass is 9.95. The van der Waals surface area contributed by atoms with Crippen molar-refractivity contribution in [2.24, 2.45) is 5.92 Å². The van der Waals surface area contributed by atoms with E-state index in [1.54, 1.807) is 17.4 Å². The maximum absolute atomic E-state index is 12.9. The molecular weight excluding hydrogens is 352 g/mol. The molecule has 28 heavy (non-hydrogen) atoms. The van der Waals surface area contributed by atoms with Crippen LogP contribution in [0.1, 0.15) is 18.7 Å². The van der Waals surface area contributed by atoms with Gasteiger partial charge in [-0.2, -0.15) is 0 Å². The van der Waals surface area contributed by atoms with Crippen LogP contribution in [0.5, 0.6) is 0 Å². The highest BCUT2D eigenvalue weighted by Crippen LogP contribution is 2.25. The van der Waals surface area contributed by atoms with Gasteiger partial charge in [0.25, 0.3) is 0 Å². The fourth-order valence-electron chi connectivity index (χ4n) is 3.67. The number of hydrogen-bond acceptors (Lipinski definition) is 5. The zero-order valence-electron chi connectivity index (χ0n) is 16.2. The molecule has 0 bridgehead atoms. The second-order valence-corrected chi connectivity index (χ2v) is 7.07. The normalized spacial score (nSPS) is 14.9. The third-order valence-corrected chi connectivity index (χ3v) is 5.35. The van der Waals surface area contributed by atoms with E-state index < -0.39 is 0 Å². The number of carbonyl (C=O) groups is 1. The number of nitrogens with zero attached hydrogens (tertiary/aromatic N) is 6. The van der Waals surface area contributed by atoms with Gasteiger partial charge >= 0.3 is 0 Å². The number of aromatic nitrogens is 4. The smallest absolute Gasteiger partial charge is 0.229 e. The Kier molecular flexibility index (Phi) is 5.06. The summed E-state index contributed by atoms with van der Waals surface area (Å²) in [5.41, 5.74) is 0.936. The number of benzene rings is 1. The van der Waals surface area contributed by atoms with Crippen molar-refractivity contribution in [3.8, 4) is 5.82 Å². The molecule has 3 aromatic rings. The quantitative estimate of drug-likeness (QED) is 0.700. The topological polar surface area (TPSA) is 67.2 Å². The van der Waals surface area contributed by atoms with Crippen LogP contribution in [0.2, 0.25) is 0 Å². The number of hydrogen-bond donors (Lipinski definition) is 0. The van der Waals surface area contributed by atoms with Crippen molar-refractivity contribution < 1.29 is 4.79 Å². The minimum absolute atomic E-state index is 0.0404. The van der Waals surface area contributed by atoms with Crippen LogP contribution in [0.4, 0.5) is 11.5 Å². The standard InChI is InChI=1S/C21H24N6O/c1-16-22-10-13-27(16)20-14-19(23-15-24-20)26-11-8-17(9-12-26)21(28)25(2)18-6-4-3-5-7-18/h3-7,10,13-15,17H,8-9,11-12H2,1-2H3. The van der Waals surface area contributed by atoms with Crippen LogP contribution in [-0.2, 0) is 4.79 Å². The summed E-state index contributed by atoms with van der Waals surface area (Å²) in [6.07, 6.45) is 6.88. The monoisotopic (exact) mass is 376 g/mol. The van der Waals surface area contributed by atoms with Gasteiger partial charge in [-0.05, 0) is 31.9 Å². The first-order valence-corrected chi connectivity index (χ1v) is 9.53. The molecule has 144 valence electrons. The summed E-state index contributed by atoms with van der Waals surface area (Å²) < 4.78 is 1.94. The summed E-state index contributed by atoms with van der Waals surface area (Å²) in [7, 11) is 1.86. The molecule has 1 fully saturated rings. The Morgan fingerprint density at radius 3 is 2.46 bits per heavy atom. The van der Waals surface area contributed by atoms with E-state index in [2.05, 4.69) is 19.9 Å². The molecule has 0 unspecified atom stereocenters. The SMILES string of the molecule is Cc1nccn1-c1cc(N2CCC(C(=O)N(C)c3ccccc3)CC2)ncn1. The van der Waals surface area contributed by atoms with E-state index in [0.29, 0.717) is 0 Å². The van der Waals surface area contributed by atoms with E-state index in [-0.39, 0.29) is 11.8 Å². The van der Waals surface area contributed by atoms with Crippen molar-refractivity contribution in [3.05, 3.63) is 60.9 Å². The van der Waals surface area contributed by atoms with Crippen LogP contribution < -0.4 is 9.80 Å². The first-order chi connectivity index (χ1) is 13.6. The highest BCUT2D eigenvalue weighted by molar-refractivity contribution is 5.94. The van der Waals surface area contributed by atoms with Crippen molar-refractivity contribution in [1.82, 2.24) is 19.5 Å². The molecule has 1 saturated heterocycles. The summed E-state index contributed by atoms with van der Waals surface area (Å²) in [5, 5.41) is 0. The van der Waals surface area contributed by atoms with Crippen molar-refractivity contribution in [3.63, 3.8) is 0 Å². The van der Waals surface area contributed by atoms with Crippen LogP contribution in [-0.4, -0.2) is 45.6 Å². The Morgan fingerprint density at radius 2 is 1.79 bits per heavy atom. The molecule has 7 heteroatoms. The molecule has 4 rings (SSSR count). The van der Waals surface area contributed by atoms with Gasteiger partial charge in [0.15, 0.2) is 0 Å². The van der Waals surface area contributed by atoms with Crippen LogP contribution >= 0.6 is 0 Å². The first-order valence-electron chi connectivity index (χ1n) is 9.53. The molecule has 0 radical (unpaired) electrons. The summed E-state index contributed by atoms with van der Waals surface area (Å²) in [6.45, 7) is 3.55. The largest absolute Gasteiger partial charge is 0.356 e. The lowest BCUT2D eigenvalue weighted by molar-refractivity contribution is -0.122. The minimum Gasteiger partial charge on any atom is -0.356 e.